The summed E-state index contributed by atoms with van der Waals surface area (Å²) in [5.74, 6) is 0.616. The summed E-state index contributed by atoms with van der Waals surface area (Å²) in [7, 11) is -0.501. The second-order valence-corrected chi connectivity index (χ2v) is 8.56. The molecule has 1 fully saturated rings. The van der Waals surface area contributed by atoms with Gasteiger partial charge in [-0.25, -0.2) is 12.7 Å². The van der Waals surface area contributed by atoms with Crippen LogP contribution in [-0.4, -0.2) is 32.7 Å². The van der Waals surface area contributed by atoms with Crippen molar-refractivity contribution < 1.29 is 13.2 Å². The van der Waals surface area contributed by atoms with Crippen molar-refractivity contribution in [3.63, 3.8) is 0 Å². The first-order valence-corrected chi connectivity index (χ1v) is 9.66. The van der Waals surface area contributed by atoms with Crippen molar-refractivity contribution in [3.05, 3.63) is 24.3 Å². The summed E-state index contributed by atoms with van der Waals surface area (Å²) in [5, 5.41) is 2.81. The molecule has 0 aliphatic heterocycles. The van der Waals surface area contributed by atoms with Crippen molar-refractivity contribution in [2.24, 2.45) is 5.92 Å². The van der Waals surface area contributed by atoms with Crippen molar-refractivity contribution in [2.45, 2.75) is 49.8 Å². The quantitative estimate of drug-likeness (QED) is 0.866. The molecule has 6 heteroatoms. The van der Waals surface area contributed by atoms with Crippen molar-refractivity contribution in [3.8, 4) is 0 Å². The maximum atomic E-state index is 12.1. The van der Waals surface area contributed by atoms with Gasteiger partial charge in [-0.05, 0) is 30.5 Å². The van der Waals surface area contributed by atoms with Crippen molar-refractivity contribution in [1.29, 1.82) is 0 Å². The predicted octanol–water partition coefficient (Wildman–Crippen LogP) is 3.24. The minimum absolute atomic E-state index is 0.0463. The van der Waals surface area contributed by atoms with E-state index in [1.54, 1.807) is 12.1 Å². The van der Waals surface area contributed by atoms with Gasteiger partial charge in [0.2, 0.25) is 15.9 Å². The van der Waals surface area contributed by atoms with E-state index in [1.165, 1.54) is 58.3 Å². The molecule has 0 atom stereocenters. The molecule has 1 aromatic rings. The van der Waals surface area contributed by atoms with Crippen LogP contribution in [0.25, 0.3) is 0 Å². The molecule has 128 valence electrons. The zero-order chi connectivity index (χ0) is 16.9. The minimum Gasteiger partial charge on any atom is -0.326 e. The number of sulfonamides is 1. The van der Waals surface area contributed by atoms with Gasteiger partial charge in [0.25, 0.3) is 0 Å². The Morgan fingerprint density at radius 2 is 1.91 bits per heavy atom. The first-order valence-electron chi connectivity index (χ1n) is 8.22. The lowest BCUT2D eigenvalue weighted by atomic mass is 9.86. The minimum atomic E-state index is -3.48. The van der Waals surface area contributed by atoms with Gasteiger partial charge in [-0.3, -0.25) is 4.79 Å². The van der Waals surface area contributed by atoms with Gasteiger partial charge < -0.3 is 5.32 Å². The summed E-state index contributed by atoms with van der Waals surface area (Å²) in [6, 6.07) is 6.40. The van der Waals surface area contributed by atoms with Crippen LogP contribution in [0.3, 0.4) is 0 Å². The van der Waals surface area contributed by atoms with Crippen LogP contribution in [0.4, 0.5) is 5.69 Å². The number of hydrogen-bond donors (Lipinski definition) is 1. The van der Waals surface area contributed by atoms with Gasteiger partial charge in [-0.2, -0.15) is 0 Å². The largest absolute Gasteiger partial charge is 0.326 e. The highest BCUT2D eigenvalue weighted by Gasteiger charge is 2.18. The fourth-order valence-electron chi connectivity index (χ4n) is 2.98. The normalized spacial score (nSPS) is 16.5. The van der Waals surface area contributed by atoms with Gasteiger partial charge in [0, 0.05) is 26.2 Å². The fourth-order valence-corrected chi connectivity index (χ4v) is 3.93. The maximum Gasteiger partial charge on any atom is 0.242 e. The Bertz CT molecular complexity index is 635. The van der Waals surface area contributed by atoms with Crippen LogP contribution in [0, 0.1) is 5.92 Å². The molecule has 0 radical (unpaired) electrons. The smallest absolute Gasteiger partial charge is 0.242 e. The van der Waals surface area contributed by atoms with E-state index in [-0.39, 0.29) is 10.8 Å². The number of carbonyl (C=O) groups excluding carboxylic acids is 1. The average Bonchev–Trinajstić information content (AvgIpc) is 2.54. The van der Waals surface area contributed by atoms with Crippen LogP contribution in [0.15, 0.2) is 29.2 Å². The molecule has 1 aliphatic rings. The number of amides is 1. The van der Waals surface area contributed by atoms with E-state index in [1.807, 2.05) is 0 Å². The second-order valence-electron chi connectivity index (χ2n) is 6.41. The van der Waals surface area contributed by atoms with Gasteiger partial charge >= 0.3 is 0 Å². The van der Waals surface area contributed by atoms with Crippen molar-refractivity contribution in [1.82, 2.24) is 4.31 Å². The Balaban J connectivity index is 1.93. The molecule has 1 aliphatic carbocycles. The maximum absolute atomic E-state index is 12.1. The Kier molecular flexibility index (Phi) is 6.18. The number of anilines is 1. The molecule has 1 saturated carbocycles. The predicted molar refractivity (Wildman–Crippen MR) is 91.8 cm³/mol. The van der Waals surface area contributed by atoms with Gasteiger partial charge in [0.05, 0.1) is 4.90 Å². The van der Waals surface area contributed by atoms with Gasteiger partial charge in [-0.1, -0.05) is 38.2 Å². The lowest BCUT2D eigenvalue weighted by Crippen LogP contribution is -2.22. The zero-order valence-electron chi connectivity index (χ0n) is 13.9. The van der Waals surface area contributed by atoms with Gasteiger partial charge in [-0.15, -0.1) is 0 Å². The summed E-state index contributed by atoms with van der Waals surface area (Å²) in [5.41, 5.74) is 0.529. The highest BCUT2D eigenvalue weighted by Crippen LogP contribution is 2.27. The monoisotopic (exact) mass is 338 g/mol. The average molecular weight is 338 g/mol. The summed E-state index contributed by atoms with van der Waals surface area (Å²) in [6.45, 7) is 0. The van der Waals surface area contributed by atoms with Gasteiger partial charge in [0.1, 0.15) is 0 Å². The molecule has 1 amide bonds. The van der Waals surface area contributed by atoms with E-state index >= 15 is 0 Å². The summed E-state index contributed by atoms with van der Waals surface area (Å²) >= 11 is 0. The molecular formula is C17H26N2O3S. The SMILES string of the molecule is CN(C)S(=O)(=O)c1cccc(NC(=O)CCC2CCCCC2)c1. The molecule has 0 bridgehead atoms. The molecule has 2 rings (SSSR count). The number of carbonyl (C=O) groups is 1. The van der Waals surface area contributed by atoms with Crippen LogP contribution >= 0.6 is 0 Å². The Labute approximate surface area is 139 Å². The number of nitrogens with zero attached hydrogens (tertiary/aromatic N) is 1. The molecular weight excluding hydrogens is 312 g/mol. The molecule has 5 nitrogen and oxygen atoms in total. The lowest BCUT2D eigenvalue weighted by molar-refractivity contribution is -0.116. The van der Waals surface area contributed by atoms with E-state index in [4.69, 9.17) is 0 Å². The van der Waals surface area contributed by atoms with E-state index in [0.29, 0.717) is 18.0 Å². The topological polar surface area (TPSA) is 66.5 Å². The highest BCUT2D eigenvalue weighted by atomic mass is 32.2. The third kappa shape index (κ3) is 5.04. The van der Waals surface area contributed by atoms with E-state index in [9.17, 15) is 13.2 Å². The zero-order valence-corrected chi connectivity index (χ0v) is 14.7. The first-order chi connectivity index (χ1) is 10.9. The Morgan fingerprint density at radius 3 is 2.57 bits per heavy atom. The Morgan fingerprint density at radius 1 is 1.22 bits per heavy atom. The molecule has 0 heterocycles. The second kappa shape index (κ2) is 7.93. The van der Waals surface area contributed by atoms with Crippen molar-refractivity contribution >= 4 is 21.6 Å². The molecule has 23 heavy (non-hydrogen) atoms. The number of nitrogens with one attached hydrogen (secondary N) is 1. The van der Waals surface area contributed by atoms with Crippen LogP contribution in [0.1, 0.15) is 44.9 Å². The molecule has 0 saturated heterocycles. The van der Waals surface area contributed by atoms with E-state index in [0.717, 1.165) is 10.7 Å². The third-order valence-corrected chi connectivity index (χ3v) is 6.21. The summed E-state index contributed by atoms with van der Waals surface area (Å²) in [6.07, 6.45) is 7.73. The Hall–Kier alpha value is -1.40. The van der Waals surface area contributed by atoms with Crippen LogP contribution in [0.2, 0.25) is 0 Å². The van der Waals surface area contributed by atoms with E-state index < -0.39 is 10.0 Å². The lowest BCUT2D eigenvalue weighted by Gasteiger charge is -2.21. The third-order valence-electron chi connectivity index (χ3n) is 4.40. The number of hydrogen-bond acceptors (Lipinski definition) is 3. The number of benzene rings is 1. The standard InChI is InChI=1S/C17H26N2O3S/c1-19(2)23(21,22)16-10-6-9-15(13-16)18-17(20)12-11-14-7-4-3-5-8-14/h6,9-10,13-14H,3-5,7-8,11-12H2,1-2H3,(H,18,20). The van der Waals surface area contributed by atoms with Crippen LogP contribution in [-0.2, 0) is 14.8 Å². The van der Waals surface area contributed by atoms with E-state index in [2.05, 4.69) is 5.32 Å². The van der Waals surface area contributed by atoms with Crippen molar-refractivity contribution in [2.75, 3.05) is 19.4 Å². The molecule has 0 aromatic heterocycles. The van der Waals surface area contributed by atoms with Crippen LogP contribution in [0.5, 0.6) is 0 Å². The van der Waals surface area contributed by atoms with Crippen LogP contribution < -0.4 is 5.32 Å². The highest BCUT2D eigenvalue weighted by molar-refractivity contribution is 7.89. The molecule has 1 aromatic carbocycles. The molecule has 0 spiro atoms. The fraction of sp³-hybridized carbons (Fsp3) is 0.588. The molecule has 0 unspecified atom stereocenters. The molecule has 1 N–H and O–H groups in total. The van der Waals surface area contributed by atoms with Gasteiger partial charge in [0.15, 0.2) is 0 Å². The first kappa shape index (κ1) is 17.9. The number of rotatable bonds is 6. The summed E-state index contributed by atoms with van der Waals surface area (Å²) < 4.78 is 25.4. The summed E-state index contributed by atoms with van der Waals surface area (Å²) in [4.78, 5) is 12.3.